The number of nitrogens with one attached hydrogen (secondary N) is 1. The van der Waals surface area contributed by atoms with Crippen molar-refractivity contribution < 1.29 is 4.79 Å². The maximum absolute atomic E-state index is 12.7. The number of thioether (sulfide) groups is 1. The van der Waals surface area contributed by atoms with Gasteiger partial charge in [-0.15, -0.1) is 0 Å². The van der Waals surface area contributed by atoms with Crippen LogP contribution >= 0.6 is 11.8 Å². The van der Waals surface area contributed by atoms with E-state index in [1.807, 2.05) is 0 Å². The quantitative estimate of drug-likeness (QED) is 0.586. The second-order valence-electron chi connectivity index (χ2n) is 8.02. The lowest BCUT2D eigenvalue weighted by molar-refractivity contribution is -0.122. The summed E-state index contributed by atoms with van der Waals surface area (Å²) in [5.41, 5.74) is -0.958. The number of aromatic nitrogens is 2. The molecule has 6 heteroatoms. The zero-order valence-electron chi connectivity index (χ0n) is 16.8. The van der Waals surface area contributed by atoms with Crippen molar-refractivity contribution >= 4 is 16.9 Å². The first-order chi connectivity index (χ1) is 12.2. The second kappa shape index (κ2) is 10.8. The van der Waals surface area contributed by atoms with Crippen LogP contribution in [0.5, 0.6) is 0 Å². The van der Waals surface area contributed by atoms with Crippen LogP contribution in [0, 0.1) is 17.3 Å². The summed E-state index contributed by atoms with van der Waals surface area (Å²) in [7, 11) is 0. The van der Waals surface area contributed by atoms with E-state index >= 15 is 0 Å². The number of hydrogen-bond donors (Lipinski definition) is 1. The maximum Gasteiger partial charge on any atom is 0.328 e. The summed E-state index contributed by atoms with van der Waals surface area (Å²) in [5.74, 6) is 1.72. The Bertz CT molecular complexity index is 678. The third-order valence-electron chi connectivity index (χ3n) is 5.00. The van der Waals surface area contributed by atoms with Gasteiger partial charge in [-0.3, -0.25) is 14.6 Å². The molecule has 1 aromatic heterocycles. The van der Waals surface area contributed by atoms with Crippen LogP contribution in [0.2, 0.25) is 0 Å². The SMILES string of the molecule is CC(C)CC(C)(C(=O)SCCCCCCn1ccc(=O)[nH]c1=O)C(C)C. The van der Waals surface area contributed by atoms with Crippen molar-refractivity contribution in [1.29, 1.82) is 0 Å². The van der Waals surface area contributed by atoms with Crippen LogP contribution in [0.15, 0.2) is 21.9 Å². The molecule has 0 radical (unpaired) electrons. The Balaban J connectivity index is 2.28. The van der Waals surface area contributed by atoms with Gasteiger partial charge in [-0.1, -0.05) is 59.2 Å². The molecule has 0 amide bonds. The minimum Gasteiger partial charge on any atom is -0.301 e. The van der Waals surface area contributed by atoms with Crippen LogP contribution < -0.4 is 11.2 Å². The summed E-state index contributed by atoms with van der Waals surface area (Å²) < 4.78 is 1.53. The lowest BCUT2D eigenvalue weighted by Gasteiger charge is -2.33. The van der Waals surface area contributed by atoms with Crippen LogP contribution in [-0.2, 0) is 11.3 Å². The number of aryl methyl sites for hydroxylation is 1. The topological polar surface area (TPSA) is 71.9 Å². The van der Waals surface area contributed by atoms with Crippen molar-refractivity contribution in [1.82, 2.24) is 9.55 Å². The van der Waals surface area contributed by atoms with Crippen molar-refractivity contribution in [3.8, 4) is 0 Å². The van der Waals surface area contributed by atoms with Crippen molar-refractivity contribution in [2.75, 3.05) is 5.75 Å². The molecule has 0 bridgehead atoms. The fourth-order valence-electron chi connectivity index (χ4n) is 3.09. The average Bonchev–Trinajstić information content (AvgIpc) is 2.54. The van der Waals surface area contributed by atoms with E-state index in [2.05, 4.69) is 39.6 Å². The first kappa shape index (κ1) is 22.7. The highest BCUT2D eigenvalue weighted by Crippen LogP contribution is 2.38. The van der Waals surface area contributed by atoms with Gasteiger partial charge in [0, 0.05) is 30.0 Å². The normalized spacial score (nSPS) is 14.0. The van der Waals surface area contributed by atoms with E-state index in [4.69, 9.17) is 0 Å². The van der Waals surface area contributed by atoms with Crippen LogP contribution in [0.25, 0.3) is 0 Å². The summed E-state index contributed by atoms with van der Waals surface area (Å²) in [5, 5.41) is 0.320. The monoisotopic (exact) mass is 382 g/mol. The second-order valence-corrected chi connectivity index (χ2v) is 9.09. The first-order valence-electron chi connectivity index (χ1n) is 9.64. The maximum atomic E-state index is 12.7. The molecule has 1 unspecified atom stereocenters. The van der Waals surface area contributed by atoms with Gasteiger partial charge in [-0.2, -0.15) is 0 Å². The number of H-pyrrole nitrogens is 1. The molecular formula is C20H34N2O3S. The van der Waals surface area contributed by atoms with Gasteiger partial charge in [-0.25, -0.2) is 4.79 Å². The average molecular weight is 383 g/mol. The predicted octanol–water partition coefficient (Wildman–Crippen LogP) is 4.07. The van der Waals surface area contributed by atoms with Gasteiger partial charge in [0.15, 0.2) is 5.12 Å². The van der Waals surface area contributed by atoms with Crippen molar-refractivity contribution in [3.05, 3.63) is 33.1 Å². The fourth-order valence-corrected chi connectivity index (χ4v) is 4.27. The molecule has 26 heavy (non-hydrogen) atoms. The van der Waals surface area contributed by atoms with E-state index < -0.39 is 0 Å². The Morgan fingerprint density at radius 2 is 1.81 bits per heavy atom. The molecule has 1 N–H and O–H groups in total. The van der Waals surface area contributed by atoms with E-state index in [0.717, 1.165) is 37.9 Å². The molecule has 0 aliphatic rings. The van der Waals surface area contributed by atoms with Gasteiger partial charge in [-0.05, 0) is 31.1 Å². The molecule has 1 heterocycles. The van der Waals surface area contributed by atoms with E-state index in [1.165, 1.54) is 28.6 Å². The summed E-state index contributed by atoms with van der Waals surface area (Å²) in [6.07, 6.45) is 6.42. The third-order valence-corrected chi connectivity index (χ3v) is 6.22. The van der Waals surface area contributed by atoms with Gasteiger partial charge >= 0.3 is 5.69 Å². The zero-order valence-corrected chi connectivity index (χ0v) is 17.7. The van der Waals surface area contributed by atoms with Crippen LogP contribution in [0.1, 0.15) is 66.7 Å². The highest BCUT2D eigenvalue weighted by molar-refractivity contribution is 8.13. The van der Waals surface area contributed by atoms with E-state index in [0.29, 0.717) is 23.5 Å². The van der Waals surface area contributed by atoms with Crippen molar-refractivity contribution in [3.63, 3.8) is 0 Å². The number of hydrogen-bond acceptors (Lipinski definition) is 4. The Kier molecular flexibility index (Phi) is 9.41. The molecular weight excluding hydrogens is 348 g/mol. The number of unbranched alkanes of at least 4 members (excludes halogenated alkanes) is 3. The molecule has 5 nitrogen and oxygen atoms in total. The number of aromatic amines is 1. The Morgan fingerprint density at radius 3 is 2.38 bits per heavy atom. The van der Waals surface area contributed by atoms with Crippen molar-refractivity contribution in [2.45, 2.75) is 73.3 Å². The minimum atomic E-state index is -0.362. The molecule has 0 spiro atoms. The number of carbonyl (C=O) groups is 1. The van der Waals surface area contributed by atoms with E-state index in [9.17, 15) is 14.4 Å². The molecule has 0 saturated heterocycles. The largest absolute Gasteiger partial charge is 0.328 e. The molecule has 0 aliphatic heterocycles. The van der Waals surface area contributed by atoms with Crippen LogP contribution in [-0.4, -0.2) is 20.4 Å². The molecule has 0 saturated carbocycles. The number of carbonyl (C=O) groups excluding carboxylic acids is 1. The zero-order chi connectivity index (χ0) is 19.7. The third kappa shape index (κ3) is 7.14. The molecule has 1 atom stereocenters. The standard InChI is InChI=1S/C20H34N2O3S/c1-15(2)14-20(5,16(3)4)18(24)26-13-9-7-6-8-11-22-12-10-17(23)21-19(22)25/h10,12,15-16H,6-9,11,13-14H2,1-5H3,(H,21,23,25). The Morgan fingerprint density at radius 1 is 1.15 bits per heavy atom. The molecule has 1 rings (SSSR count). The minimum absolute atomic E-state index is 0.246. The van der Waals surface area contributed by atoms with Gasteiger partial charge in [0.1, 0.15) is 0 Å². The highest BCUT2D eigenvalue weighted by atomic mass is 32.2. The van der Waals surface area contributed by atoms with Gasteiger partial charge in [0.25, 0.3) is 5.56 Å². The van der Waals surface area contributed by atoms with Crippen LogP contribution in [0.3, 0.4) is 0 Å². The lowest BCUT2D eigenvalue weighted by Crippen LogP contribution is -2.33. The molecule has 1 aromatic rings. The first-order valence-corrected chi connectivity index (χ1v) is 10.6. The van der Waals surface area contributed by atoms with Crippen LogP contribution in [0.4, 0.5) is 0 Å². The van der Waals surface area contributed by atoms with E-state index in [-0.39, 0.29) is 16.7 Å². The summed E-state index contributed by atoms with van der Waals surface area (Å²) in [4.78, 5) is 37.5. The molecule has 0 aromatic carbocycles. The lowest BCUT2D eigenvalue weighted by atomic mass is 9.74. The summed E-state index contributed by atoms with van der Waals surface area (Å²) >= 11 is 1.48. The highest BCUT2D eigenvalue weighted by Gasteiger charge is 2.36. The Hall–Kier alpha value is -1.30. The summed E-state index contributed by atoms with van der Waals surface area (Å²) in [6.45, 7) is 11.3. The van der Waals surface area contributed by atoms with Gasteiger partial charge in [0.05, 0.1) is 0 Å². The van der Waals surface area contributed by atoms with Crippen molar-refractivity contribution in [2.24, 2.45) is 17.3 Å². The van der Waals surface area contributed by atoms with E-state index in [1.54, 1.807) is 0 Å². The smallest absolute Gasteiger partial charge is 0.301 e. The molecule has 0 aliphatic carbocycles. The number of nitrogens with zero attached hydrogens (tertiary/aromatic N) is 1. The number of rotatable bonds is 11. The Labute approximate surface area is 161 Å². The molecule has 0 fully saturated rings. The van der Waals surface area contributed by atoms with Gasteiger partial charge in [0.2, 0.25) is 0 Å². The predicted molar refractivity (Wildman–Crippen MR) is 110 cm³/mol. The molecule has 148 valence electrons. The summed E-state index contributed by atoms with van der Waals surface area (Å²) in [6, 6.07) is 1.37. The van der Waals surface area contributed by atoms with Gasteiger partial charge < -0.3 is 4.57 Å². The fraction of sp³-hybridized carbons (Fsp3) is 0.750.